The van der Waals surface area contributed by atoms with Crippen molar-refractivity contribution in [3.8, 4) is 0 Å². The van der Waals surface area contributed by atoms with Crippen LogP contribution < -0.4 is 0 Å². The van der Waals surface area contributed by atoms with Crippen LogP contribution >= 0.6 is 0 Å². The molecule has 6 nitrogen and oxygen atoms in total. The van der Waals surface area contributed by atoms with Crippen LogP contribution in [-0.4, -0.2) is 37.2 Å². The predicted molar refractivity (Wildman–Crippen MR) is 298 cm³/mol. The zero-order chi connectivity index (χ0) is 50.0. The fraction of sp³-hybridized carbons (Fsp3) is 0.952. The van der Waals surface area contributed by atoms with Crippen molar-refractivity contribution in [1.82, 2.24) is 0 Å². The summed E-state index contributed by atoms with van der Waals surface area (Å²) in [5.41, 5.74) is 0. The van der Waals surface area contributed by atoms with Crippen LogP contribution in [0.3, 0.4) is 0 Å². The van der Waals surface area contributed by atoms with Gasteiger partial charge in [-0.25, -0.2) is 0 Å². The highest BCUT2D eigenvalue weighted by atomic mass is 16.6. The zero-order valence-corrected chi connectivity index (χ0v) is 47.1. The summed E-state index contributed by atoms with van der Waals surface area (Å²) in [5, 5.41) is 0. The first-order valence-electron chi connectivity index (χ1n) is 31.5. The highest BCUT2D eigenvalue weighted by Gasteiger charge is 2.19. The molecule has 0 aromatic carbocycles. The molecule has 0 aliphatic heterocycles. The smallest absolute Gasteiger partial charge is 0.306 e. The molecular formula is C63H122O6. The van der Waals surface area contributed by atoms with Crippen LogP contribution in [0.1, 0.15) is 367 Å². The van der Waals surface area contributed by atoms with Crippen LogP contribution in [0.5, 0.6) is 0 Å². The number of hydrogen-bond acceptors (Lipinski definition) is 6. The standard InChI is InChI=1S/C63H122O6/c1-4-7-10-13-15-17-19-21-23-24-25-26-27-28-29-30-31-32-33-34-35-36-37-38-40-41-43-45-47-50-53-56-62(65)68-59-60(58-67-61(64)55-52-49-12-9-6-3)69-63(66)57-54-51-48-46-44-42-39-22-20-18-16-14-11-8-5-2/h60H,4-59H2,1-3H3. The van der Waals surface area contributed by atoms with Crippen LogP contribution in [0.2, 0.25) is 0 Å². The Morgan fingerprint density at radius 3 is 0.580 bits per heavy atom. The third-order valence-electron chi connectivity index (χ3n) is 14.6. The molecule has 1 unspecified atom stereocenters. The molecule has 0 aliphatic carbocycles. The molecule has 0 aliphatic rings. The number of hydrogen-bond donors (Lipinski definition) is 0. The zero-order valence-electron chi connectivity index (χ0n) is 47.1. The van der Waals surface area contributed by atoms with Crippen molar-refractivity contribution in [2.45, 2.75) is 374 Å². The maximum Gasteiger partial charge on any atom is 0.306 e. The van der Waals surface area contributed by atoms with Gasteiger partial charge in [-0.15, -0.1) is 0 Å². The van der Waals surface area contributed by atoms with Crippen LogP contribution in [0.25, 0.3) is 0 Å². The van der Waals surface area contributed by atoms with E-state index in [1.807, 2.05) is 0 Å². The molecule has 410 valence electrons. The second-order valence-electron chi connectivity index (χ2n) is 21.7. The van der Waals surface area contributed by atoms with Gasteiger partial charge in [0.05, 0.1) is 0 Å². The van der Waals surface area contributed by atoms with E-state index in [1.165, 1.54) is 263 Å². The predicted octanol–water partition coefficient (Wildman–Crippen LogP) is 21.1. The minimum absolute atomic E-state index is 0.0627. The van der Waals surface area contributed by atoms with Gasteiger partial charge in [-0.1, -0.05) is 329 Å². The molecule has 0 fully saturated rings. The van der Waals surface area contributed by atoms with E-state index in [9.17, 15) is 14.4 Å². The van der Waals surface area contributed by atoms with Crippen molar-refractivity contribution in [3.05, 3.63) is 0 Å². The summed E-state index contributed by atoms with van der Waals surface area (Å²) in [6.45, 7) is 6.62. The monoisotopic (exact) mass is 975 g/mol. The first-order chi connectivity index (χ1) is 34.0. The van der Waals surface area contributed by atoms with E-state index in [1.54, 1.807) is 0 Å². The molecular weight excluding hydrogens is 853 g/mol. The molecule has 69 heavy (non-hydrogen) atoms. The van der Waals surface area contributed by atoms with E-state index in [0.717, 1.165) is 64.2 Å². The summed E-state index contributed by atoms with van der Waals surface area (Å²) >= 11 is 0. The highest BCUT2D eigenvalue weighted by Crippen LogP contribution is 2.19. The fourth-order valence-corrected chi connectivity index (χ4v) is 9.86. The summed E-state index contributed by atoms with van der Waals surface area (Å²) in [5.74, 6) is -0.851. The summed E-state index contributed by atoms with van der Waals surface area (Å²) in [6, 6.07) is 0. The van der Waals surface area contributed by atoms with Crippen molar-refractivity contribution in [2.75, 3.05) is 13.2 Å². The Morgan fingerprint density at radius 2 is 0.391 bits per heavy atom. The SMILES string of the molecule is CCCCCCCCCCCCCCCCCCCCCCCCCCCCCCCCCC(=O)OCC(COC(=O)CCCCCCC)OC(=O)CCCCCCCCCCCCCCCCC. The first kappa shape index (κ1) is 67.4. The topological polar surface area (TPSA) is 78.9 Å². The molecule has 0 aromatic rings. The molecule has 0 radical (unpaired) electrons. The Labute approximate surface area is 431 Å². The lowest BCUT2D eigenvalue weighted by Crippen LogP contribution is -2.30. The van der Waals surface area contributed by atoms with E-state index in [2.05, 4.69) is 20.8 Å². The molecule has 0 rings (SSSR count). The van der Waals surface area contributed by atoms with Crippen LogP contribution in [-0.2, 0) is 28.6 Å². The highest BCUT2D eigenvalue weighted by molar-refractivity contribution is 5.71. The second-order valence-corrected chi connectivity index (χ2v) is 21.7. The number of ether oxygens (including phenoxy) is 3. The minimum atomic E-state index is -0.759. The lowest BCUT2D eigenvalue weighted by Gasteiger charge is -2.18. The number of unbranched alkanes of at least 4 members (excludes halogenated alkanes) is 48. The van der Waals surface area contributed by atoms with Gasteiger partial charge in [0.2, 0.25) is 0 Å². The molecule has 0 aromatic heterocycles. The van der Waals surface area contributed by atoms with Gasteiger partial charge in [-0.05, 0) is 19.3 Å². The average molecular weight is 976 g/mol. The van der Waals surface area contributed by atoms with Crippen molar-refractivity contribution < 1.29 is 28.6 Å². The molecule has 0 saturated heterocycles. The maximum atomic E-state index is 12.8. The van der Waals surface area contributed by atoms with Crippen molar-refractivity contribution in [1.29, 1.82) is 0 Å². The van der Waals surface area contributed by atoms with Gasteiger partial charge in [0, 0.05) is 19.3 Å². The normalized spacial score (nSPS) is 11.9. The van der Waals surface area contributed by atoms with Crippen LogP contribution in [0.4, 0.5) is 0 Å². The number of rotatable bonds is 59. The molecule has 0 bridgehead atoms. The third kappa shape index (κ3) is 57.2. The summed E-state index contributed by atoms with van der Waals surface area (Å²) < 4.78 is 16.7. The minimum Gasteiger partial charge on any atom is -0.462 e. The first-order valence-corrected chi connectivity index (χ1v) is 31.5. The van der Waals surface area contributed by atoms with Gasteiger partial charge in [0.1, 0.15) is 13.2 Å². The van der Waals surface area contributed by atoms with Gasteiger partial charge in [-0.3, -0.25) is 14.4 Å². The Morgan fingerprint density at radius 1 is 0.232 bits per heavy atom. The summed E-state index contributed by atoms with van der Waals surface area (Å²) in [7, 11) is 0. The Balaban J connectivity index is 3.86. The van der Waals surface area contributed by atoms with Crippen molar-refractivity contribution in [2.24, 2.45) is 0 Å². The van der Waals surface area contributed by atoms with Crippen LogP contribution in [0.15, 0.2) is 0 Å². The number of carbonyl (C=O) groups is 3. The lowest BCUT2D eigenvalue weighted by atomic mass is 10.0. The maximum absolute atomic E-state index is 12.8. The molecule has 0 heterocycles. The van der Waals surface area contributed by atoms with Gasteiger partial charge in [0.25, 0.3) is 0 Å². The van der Waals surface area contributed by atoms with E-state index < -0.39 is 6.10 Å². The Kier molecular flexibility index (Phi) is 57.6. The molecule has 0 amide bonds. The second kappa shape index (κ2) is 59.0. The number of esters is 3. The van der Waals surface area contributed by atoms with Gasteiger partial charge < -0.3 is 14.2 Å². The van der Waals surface area contributed by atoms with Crippen molar-refractivity contribution >= 4 is 17.9 Å². The van der Waals surface area contributed by atoms with Gasteiger partial charge in [0.15, 0.2) is 6.10 Å². The van der Waals surface area contributed by atoms with E-state index in [0.29, 0.717) is 19.3 Å². The van der Waals surface area contributed by atoms with E-state index in [4.69, 9.17) is 14.2 Å². The van der Waals surface area contributed by atoms with E-state index in [-0.39, 0.29) is 31.1 Å². The van der Waals surface area contributed by atoms with Crippen molar-refractivity contribution in [3.63, 3.8) is 0 Å². The fourth-order valence-electron chi connectivity index (χ4n) is 9.86. The van der Waals surface area contributed by atoms with Gasteiger partial charge in [-0.2, -0.15) is 0 Å². The molecule has 1 atom stereocenters. The van der Waals surface area contributed by atoms with Crippen LogP contribution in [0, 0.1) is 0 Å². The quantitative estimate of drug-likeness (QED) is 0.0343. The summed E-state index contributed by atoms with van der Waals surface area (Å²) in [4.78, 5) is 37.8. The largest absolute Gasteiger partial charge is 0.462 e. The molecule has 0 N–H and O–H groups in total. The lowest BCUT2D eigenvalue weighted by molar-refractivity contribution is -0.167. The van der Waals surface area contributed by atoms with Gasteiger partial charge >= 0.3 is 17.9 Å². The average Bonchev–Trinajstić information content (AvgIpc) is 3.35. The third-order valence-corrected chi connectivity index (χ3v) is 14.6. The summed E-state index contributed by atoms with van der Waals surface area (Å²) in [6.07, 6.45) is 67.5. The Hall–Kier alpha value is -1.59. The number of carbonyl (C=O) groups excluding carboxylic acids is 3. The molecule has 0 saturated carbocycles. The van der Waals surface area contributed by atoms with E-state index >= 15 is 0 Å². The molecule has 6 heteroatoms. The molecule has 0 spiro atoms. The Bertz CT molecular complexity index is 1030.